The van der Waals surface area contributed by atoms with Crippen LogP contribution in [0.15, 0.2) is 42.5 Å². The Bertz CT molecular complexity index is 1410. The van der Waals surface area contributed by atoms with Crippen molar-refractivity contribution in [1.82, 2.24) is 24.8 Å². The molecule has 3 atom stereocenters. The molecule has 3 N–H and O–H groups in total. The Hall–Kier alpha value is -2.98. The van der Waals surface area contributed by atoms with Crippen LogP contribution in [0.25, 0.3) is 15.9 Å². The number of ether oxygens (including phenoxy) is 2. The first-order chi connectivity index (χ1) is 18.1. The van der Waals surface area contributed by atoms with E-state index in [2.05, 4.69) is 15.1 Å². The third-order valence-corrected chi connectivity index (χ3v) is 6.72. The number of nitrogens with zero attached hydrogens (tertiary/aromatic N) is 5. The minimum atomic E-state index is -4.64. The molecule has 0 saturated carbocycles. The molecule has 1 aliphatic heterocycles. The lowest BCUT2D eigenvalue weighted by Crippen LogP contribution is -2.34. The van der Waals surface area contributed by atoms with Gasteiger partial charge in [0.05, 0.1) is 32.6 Å². The lowest BCUT2D eigenvalue weighted by molar-refractivity contribution is -0.221. The van der Waals surface area contributed by atoms with E-state index in [1.807, 2.05) is 30.3 Å². The maximum Gasteiger partial charge on any atom is 0.418 e. The van der Waals surface area contributed by atoms with Crippen LogP contribution in [0.3, 0.4) is 0 Å². The third-order valence-electron chi connectivity index (χ3n) is 5.80. The highest BCUT2D eigenvalue weighted by Crippen LogP contribution is 2.38. The zero-order valence-corrected chi connectivity index (χ0v) is 21.2. The zero-order valence-electron chi connectivity index (χ0n) is 20.4. The maximum atomic E-state index is 13.9. The molecule has 0 radical (unpaired) electrons. The lowest BCUT2D eigenvalue weighted by Gasteiger charge is -2.24. The van der Waals surface area contributed by atoms with Crippen molar-refractivity contribution in [3.05, 3.63) is 70.2 Å². The first kappa shape index (κ1) is 26.6. The summed E-state index contributed by atoms with van der Waals surface area (Å²) in [4.78, 5) is 14.2. The SMILES string of the molecule is Cc1nc(C(OCN2COC(c3ccccc3)O2)[C@@H](O)CN)n(-c2cc(C(F)(F)F)c3nc(C)sc3c2)n1. The number of fused-ring (bicyclic) bond motifs is 1. The zero-order chi connectivity index (χ0) is 27.0. The Morgan fingerprint density at radius 3 is 2.68 bits per heavy atom. The van der Waals surface area contributed by atoms with Crippen molar-refractivity contribution < 1.29 is 32.6 Å². The maximum absolute atomic E-state index is 13.9. The second kappa shape index (κ2) is 10.6. The van der Waals surface area contributed by atoms with Crippen LogP contribution in [0.4, 0.5) is 13.2 Å². The van der Waals surface area contributed by atoms with Crippen LogP contribution in [0.2, 0.25) is 0 Å². The molecule has 202 valence electrons. The molecule has 14 heteroatoms. The summed E-state index contributed by atoms with van der Waals surface area (Å²) in [5, 5.41) is 16.9. The van der Waals surface area contributed by atoms with Gasteiger partial charge in [-0.15, -0.1) is 16.4 Å². The number of benzene rings is 2. The number of aryl methyl sites for hydroxylation is 2. The summed E-state index contributed by atoms with van der Waals surface area (Å²) in [5.41, 5.74) is 5.64. The van der Waals surface area contributed by atoms with Gasteiger partial charge in [-0.05, 0) is 26.0 Å². The molecule has 1 saturated heterocycles. The van der Waals surface area contributed by atoms with Crippen LogP contribution < -0.4 is 5.73 Å². The van der Waals surface area contributed by atoms with Gasteiger partial charge < -0.3 is 20.3 Å². The largest absolute Gasteiger partial charge is 0.418 e. The van der Waals surface area contributed by atoms with E-state index in [4.69, 9.17) is 20.0 Å². The molecule has 10 nitrogen and oxygen atoms in total. The molecule has 0 spiro atoms. The fourth-order valence-electron chi connectivity index (χ4n) is 4.10. The highest BCUT2D eigenvalue weighted by molar-refractivity contribution is 7.18. The Morgan fingerprint density at radius 1 is 1.21 bits per heavy atom. The van der Waals surface area contributed by atoms with Crippen LogP contribution in [-0.4, -0.2) is 56.0 Å². The van der Waals surface area contributed by atoms with Gasteiger partial charge in [-0.3, -0.25) is 4.84 Å². The first-order valence-corrected chi connectivity index (χ1v) is 12.5. The molecule has 2 aromatic carbocycles. The van der Waals surface area contributed by atoms with Gasteiger partial charge in [0.15, 0.2) is 5.82 Å². The van der Waals surface area contributed by atoms with Crippen LogP contribution in [0, 0.1) is 13.8 Å². The number of hydrogen-bond acceptors (Lipinski definition) is 10. The van der Waals surface area contributed by atoms with Gasteiger partial charge in [-0.2, -0.15) is 18.3 Å². The van der Waals surface area contributed by atoms with Crippen molar-refractivity contribution >= 4 is 21.6 Å². The third kappa shape index (κ3) is 5.42. The predicted octanol–water partition coefficient (Wildman–Crippen LogP) is 3.77. The number of rotatable bonds is 8. The van der Waals surface area contributed by atoms with E-state index < -0.39 is 30.2 Å². The van der Waals surface area contributed by atoms with Crippen LogP contribution >= 0.6 is 11.3 Å². The fraction of sp³-hybridized carbons (Fsp3) is 0.375. The Kier molecular flexibility index (Phi) is 7.46. The smallest absolute Gasteiger partial charge is 0.389 e. The summed E-state index contributed by atoms with van der Waals surface area (Å²) in [7, 11) is 0. The quantitative estimate of drug-likeness (QED) is 0.338. The number of aliphatic hydroxyl groups is 1. The summed E-state index contributed by atoms with van der Waals surface area (Å²) < 4.78 is 55.0. The van der Waals surface area contributed by atoms with E-state index in [0.717, 1.165) is 23.0 Å². The molecule has 0 amide bonds. The van der Waals surface area contributed by atoms with E-state index in [1.165, 1.54) is 9.75 Å². The standard InChI is InChI=1S/C24H25F3N6O4S/c1-13-29-22(33(31-13)16-8-17(24(25,26)27)20-19(9-16)38-14(2)30-20)21(18(34)10-28)35-11-32-12-36-23(37-32)15-6-4-3-5-7-15/h3-9,18,21,23,34H,10-12,28H2,1-2H3/t18-,21?,23?/m0/s1. The molecule has 38 heavy (non-hydrogen) atoms. The summed E-state index contributed by atoms with van der Waals surface area (Å²) in [6.07, 6.45) is -7.63. The molecule has 4 aromatic rings. The summed E-state index contributed by atoms with van der Waals surface area (Å²) >= 11 is 1.14. The molecule has 2 unspecified atom stereocenters. The number of hydrogen-bond donors (Lipinski definition) is 2. The second-order valence-corrected chi connectivity index (χ2v) is 9.88. The van der Waals surface area contributed by atoms with Gasteiger partial charge >= 0.3 is 6.18 Å². The minimum absolute atomic E-state index is 0.0903. The van der Waals surface area contributed by atoms with Crippen LogP contribution in [0.1, 0.15) is 40.2 Å². The van der Waals surface area contributed by atoms with E-state index in [0.29, 0.717) is 9.71 Å². The number of aromatic nitrogens is 4. The number of aliphatic hydroxyl groups excluding tert-OH is 1. The molecule has 0 aliphatic carbocycles. The van der Waals surface area contributed by atoms with Gasteiger partial charge in [0.25, 0.3) is 0 Å². The fourth-order valence-corrected chi connectivity index (χ4v) is 4.98. The minimum Gasteiger partial charge on any atom is -0.389 e. The average Bonchev–Trinajstić information content (AvgIpc) is 3.61. The molecular weight excluding hydrogens is 525 g/mol. The molecule has 1 fully saturated rings. The second-order valence-electron chi connectivity index (χ2n) is 8.64. The Morgan fingerprint density at radius 2 is 1.97 bits per heavy atom. The Balaban J connectivity index is 1.44. The first-order valence-electron chi connectivity index (χ1n) is 11.6. The van der Waals surface area contributed by atoms with Gasteiger partial charge in [-0.25, -0.2) is 14.6 Å². The van der Waals surface area contributed by atoms with Gasteiger partial charge in [0.1, 0.15) is 25.4 Å². The molecule has 2 aromatic heterocycles. The van der Waals surface area contributed by atoms with Crippen molar-refractivity contribution in [2.75, 3.05) is 20.0 Å². The number of halogens is 3. The predicted molar refractivity (Wildman–Crippen MR) is 131 cm³/mol. The molecule has 5 rings (SSSR count). The van der Waals surface area contributed by atoms with Crippen molar-refractivity contribution in [2.24, 2.45) is 5.73 Å². The monoisotopic (exact) mass is 550 g/mol. The van der Waals surface area contributed by atoms with Crippen molar-refractivity contribution in [3.63, 3.8) is 0 Å². The van der Waals surface area contributed by atoms with E-state index in [1.54, 1.807) is 19.9 Å². The Labute approximate surface area is 219 Å². The highest BCUT2D eigenvalue weighted by atomic mass is 32.1. The van der Waals surface area contributed by atoms with Gasteiger partial charge in [0.2, 0.25) is 6.29 Å². The average molecular weight is 551 g/mol. The summed E-state index contributed by atoms with van der Waals surface area (Å²) in [6.45, 7) is 2.99. The lowest BCUT2D eigenvalue weighted by atomic mass is 10.1. The van der Waals surface area contributed by atoms with E-state index in [9.17, 15) is 18.3 Å². The highest BCUT2D eigenvalue weighted by Gasteiger charge is 2.36. The number of alkyl halides is 3. The number of hydroxylamine groups is 2. The molecule has 3 heterocycles. The summed E-state index contributed by atoms with van der Waals surface area (Å²) in [5.74, 6) is 0.366. The van der Waals surface area contributed by atoms with Crippen molar-refractivity contribution in [2.45, 2.75) is 38.5 Å². The van der Waals surface area contributed by atoms with E-state index >= 15 is 0 Å². The van der Waals surface area contributed by atoms with E-state index in [-0.39, 0.29) is 42.9 Å². The van der Waals surface area contributed by atoms with Crippen molar-refractivity contribution in [3.8, 4) is 5.69 Å². The van der Waals surface area contributed by atoms with Crippen LogP contribution in [-0.2, 0) is 20.5 Å². The van der Waals surface area contributed by atoms with Crippen LogP contribution in [0.5, 0.6) is 0 Å². The molecule has 1 aliphatic rings. The normalized spacial score (nSPS) is 18.3. The van der Waals surface area contributed by atoms with Gasteiger partial charge in [0, 0.05) is 12.1 Å². The number of nitrogens with two attached hydrogens (primary N) is 1. The van der Waals surface area contributed by atoms with Crippen molar-refractivity contribution in [1.29, 1.82) is 0 Å². The molecular formula is C24H25F3N6O4S. The topological polar surface area (TPSA) is 121 Å². The summed E-state index contributed by atoms with van der Waals surface area (Å²) in [6, 6.07) is 11.8. The number of thiazole rings is 1. The molecule has 0 bridgehead atoms. The van der Waals surface area contributed by atoms with Gasteiger partial charge in [-0.1, -0.05) is 30.3 Å².